The predicted octanol–water partition coefficient (Wildman–Crippen LogP) is 5.22. The molecule has 1 aromatic carbocycles. The van der Waals surface area contributed by atoms with Gasteiger partial charge in [-0.05, 0) is 48.6 Å². The van der Waals surface area contributed by atoms with Gasteiger partial charge in [-0.25, -0.2) is 4.39 Å². The van der Waals surface area contributed by atoms with E-state index in [0.29, 0.717) is 11.1 Å². The molecule has 0 spiro atoms. The lowest BCUT2D eigenvalue weighted by atomic mass is 9.73. The summed E-state index contributed by atoms with van der Waals surface area (Å²) in [6, 6.07) is 5.40. The summed E-state index contributed by atoms with van der Waals surface area (Å²) in [6.45, 7) is 4.76. The maximum Gasteiger partial charge on any atom is 0.417 e. The van der Waals surface area contributed by atoms with Crippen molar-refractivity contribution in [3.63, 3.8) is 0 Å². The highest BCUT2D eigenvalue weighted by atomic mass is 19.4. The number of hydrogen-bond acceptors (Lipinski definition) is 3. The third kappa shape index (κ3) is 4.01. The Morgan fingerprint density at radius 1 is 1.17 bits per heavy atom. The second kappa shape index (κ2) is 7.58. The number of ether oxygens (including phenoxy) is 1. The van der Waals surface area contributed by atoms with Gasteiger partial charge in [0.05, 0.1) is 18.8 Å². The second-order valence-corrected chi connectivity index (χ2v) is 8.26. The molecule has 2 aromatic heterocycles. The Hall–Kier alpha value is -2.61. The maximum atomic E-state index is 14.1. The quantitative estimate of drug-likeness (QED) is 0.533. The highest BCUT2D eigenvalue weighted by Gasteiger charge is 2.56. The number of nitrogens with one attached hydrogen (secondary N) is 1. The highest BCUT2D eigenvalue weighted by Crippen LogP contribution is 2.45. The van der Waals surface area contributed by atoms with Gasteiger partial charge in [-0.2, -0.15) is 13.2 Å². The summed E-state index contributed by atoms with van der Waals surface area (Å²) in [4.78, 5) is 6.92. The van der Waals surface area contributed by atoms with Crippen LogP contribution in [-0.2, 0) is 11.8 Å². The molecule has 3 rings (SSSR count). The molecule has 3 aromatic rings. The molecular weight excluding hydrogens is 400 g/mol. The van der Waals surface area contributed by atoms with Crippen LogP contribution in [0.15, 0.2) is 36.7 Å². The summed E-state index contributed by atoms with van der Waals surface area (Å²) in [5.74, 6) is -0.327. The monoisotopic (exact) mass is 424 g/mol. The van der Waals surface area contributed by atoms with Gasteiger partial charge in [0, 0.05) is 29.3 Å². The first-order chi connectivity index (χ1) is 13.9. The number of rotatable bonds is 6. The normalized spacial score (nSPS) is 14.7. The first-order valence-corrected chi connectivity index (χ1v) is 9.42. The molecule has 4 nitrogen and oxygen atoms in total. The van der Waals surface area contributed by atoms with Gasteiger partial charge in [0.1, 0.15) is 11.6 Å². The molecule has 8 heteroatoms. The summed E-state index contributed by atoms with van der Waals surface area (Å²) < 4.78 is 61.4. The van der Waals surface area contributed by atoms with Crippen LogP contribution in [0.2, 0.25) is 0 Å². The van der Waals surface area contributed by atoms with Crippen LogP contribution >= 0.6 is 0 Å². The molecule has 2 N–H and O–H groups in total. The molecule has 1 unspecified atom stereocenters. The molecule has 162 valence electrons. The lowest BCUT2D eigenvalue weighted by Gasteiger charge is -2.38. The number of H-pyrrole nitrogens is 1. The molecule has 0 aliphatic carbocycles. The minimum absolute atomic E-state index is 0.255. The van der Waals surface area contributed by atoms with E-state index >= 15 is 0 Å². The molecule has 0 saturated carbocycles. The van der Waals surface area contributed by atoms with E-state index in [1.54, 1.807) is 19.2 Å². The summed E-state index contributed by atoms with van der Waals surface area (Å²) in [5, 5.41) is 11.6. The molecular formula is C22H24F4N2O2. The second-order valence-electron chi connectivity index (χ2n) is 8.26. The largest absolute Gasteiger partial charge is 0.496 e. The number of alkyl halides is 3. The fourth-order valence-corrected chi connectivity index (χ4v) is 4.01. The number of benzene rings is 1. The number of pyridine rings is 1. The Morgan fingerprint density at radius 2 is 1.87 bits per heavy atom. The number of nitrogens with zero attached hydrogens (tertiary/aromatic N) is 1. The minimum atomic E-state index is -4.91. The van der Waals surface area contributed by atoms with E-state index in [0.717, 1.165) is 11.5 Å². The fraction of sp³-hybridized carbons (Fsp3) is 0.409. The van der Waals surface area contributed by atoms with Gasteiger partial charge in [-0.3, -0.25) is 4.98 Å². The number of aliphatic hydroxyl groups is 1. The molecule has 0 fully saturated rings. The number of halogens is 4. The Bertz CT molecular complexity index is 1060. The Labute approximate surface area is 171 Å². The smallest absolute Gasteiger partial charge is 0.417 e. The molecule has 1 atom stereocenters. The van der Waals surface area contributed by atoms with E-state index in [9.17, 15) is 22.7 Å². The van der Waals surface area contributed by atoms with Crippen molar-refractivity contribution in [3.8, 4) is 5.75 Å². The minimum Gasteiger partial charge on any atom is -0.496 e. The average molecular weight is 424 g/mol. The summed E-state index contributed by atoms with van der Waals surface area (Å²) in [7, 11) is 1.37. The lowest BCUT2D eigenvalue weighted by Crippen LogP contribution is -2.51. The first-order valence-electron chi connectivity index (χ1n) is 9.42. The van der Waals surface area contributed by atoms with Crippen molar-refractivity contribution in [1.82, 2.24) is 9.97 Å². The summed E-state index contributed by atoms with van der Waals surface area (Å²) >= 11 is 0. The number of methoxy groups -OCH3 is 1. The van der Waals surface area contributed by atoms with E-state index in [1.165, 1.54) is 39.3 Å². The van der Waals surface area contributed by atoms with Gasteiger partial charge < -0.3 is 14.8 Å². The molecule has 0 radical (unpaired) electrons. The average Bonchev–Trinajstić information content (AvgIpc) is 2.96. The van der Waals surface area contributed by atoms with Crippen LogP contribution < -0.4 is 4.74 Å². The van der Waals surface area contributed by atoms with Gasteiger partial charge in [0.2, 0.25) is 0 Å². The van der Waals surface area contributed by atoms with E-state index in [2.05, 4.69) is 9.97 Å². The standard InChI is InChI=1S/C22H24F4N2O2/c1-13-15-7-8-27-11-18(15)28-17(13)10-21(29,22(24,25)26)12-20(2,3)16-9-14(23)5-6-19(16)30-4/h5-9,11,28-29H,10,12H2,1-4H3. The van der Waals surface area contributed by atoms with Crippen molar-refractivity contribution in [2.45, 2.75) is 50.8 Å². The molecule has 30 heavy (non-hydrogen) atoms. The zero-order chi connectivity index (χ0) is 22.3. The third-order valence-corrected chi connectivity index (χ3v) is 5.59. The number of aryl methyl sites for hydroxylation is 1. The topological polar surface area (TPSA) is 58.1 Å². The van der Waals surface area contributed by atoms with E-state index in [1.807, 2.05) is 0 Å². The van der Waals surface area contributed by atoms with Crippen molar-refractivity contribution >= 4 is 10.9 Å². The Kier molecular flexibility index (Phi) is 5.58. The number of aromatic nitrogens is 2. The van der Waals surface area contributed by atoms with Crippen LogP contribution in [-0.4, -0.2) is 34.0 Å². The van der Waals surface area contributed by atoms with Gasteiger partial charge in [0.15, 0.2) is 5.60 Å². The molecule has 0 amide bonds. The van der Waals surface area contributed by atoms with Crippen LogP contribution in [0.4, 0.5) is 17.6 Å². The summed E-state index contributed by atoms with van der Waals surface area (Å²) in [5.41, 5.74) is -2.53. The molecule has 0 aliphatic heterocycles. The van der Waals surface area contributed by atoms with Crippen LogP contribution in [0.3, 0.4) is 0 Å². The van der Waals surface area contributed by atoms with Crippen molar-refractivity contribution < 1.29 is 27.4 Å². The van der Waals surface area contributed by atoms with Crippen molar-refractivity contribution in [3.05, 3.63) is 59.3 Å². The van der Waals surface area contributed by atoms with Gasteiger partial charge in [0.25, 0.3) is 0 Å². The number of hydrogen-bond donors (Lipinski definition) is 2. The Morgan fingerprint density at radius 3 is 2.47 bits per heavy atom. The molecule has 0 saturated heterocycles. The van der Waals surface area contributed by atoms with Crippen molar-refractivity contribution in [2.75, 3.05) is 7.11 Å². The third-order valence-electron chi connectivity index (χ3n) is 5.59. The van der Waals surface area contributed by atoms with Crippen molar-refractivity contribution in [1.29, 1.82) is 0 Å². The highest BCUT2D eigenvalue weighted by molar-refractivity contribution is 5.83. The van der Waals surface area contributed by atoms with E-state index in [-0.39, 0.29) is 17.0 Å². The molecule has 0 aliphatic rings. The van der Waals surface area contributed by atoms with Gasteiger partial charge in [-0.15, -0.1) is 0 Å². The van der Waals surface area contributed by atoms with Crippen molar-refractivity contribution in [2.24, 2.45) is 0 Å². The van der Waals surface area contributed by atoms with Gasteiger partial charge >= 0.3 is 6.18 Å². The van der Waals surface area contributed by atoms with Crippen LogP contribution in [0.1, 0.15) is 37.1 Å². The first kappa shape index (κ1) is 22.1. The predicted molar refractivity (Wildman–Crippen MR) is 106 cm³/mol. The van der Waals surface area contributed by atoms with E-state index < -0.39 is 35.9 Å². The molecule has 2 heterocycles. The zero-order valence-corrected chi connectivity index (χ0v) is 17.2. The van der Waals surface area contributed by atoms with E-state index in [4.69, 9.17) is 4.74 Å². The van der Waals surface area contributed by atoms with Crippen LogP contribution in [0, 0.1) is 12.7 Å². The summed E-state index contributed by atoms with van der Waals surface area (Å²) in [6.07, 6.45) is -3.18. The lowest BCUT2D eigenvalue weighted by molar-refractivity contribution is -0.266. The molecule has 0 bridgehead atoms. The fourth-order valence-electron chi connectivity index (χ4n) is 4.01. The zero-order valence-electron chi connectivity index (χ0n) is 17.2. The van der Waals surface area contributed by atoms with Crippen LogP contribution in [0.25, 0.3) is 10.9 Å². The Balaban J connectivity index is 2.03. The number of fused-ring (bicyclic) bond motifs is 1. The number of aromatic amines is 1. The maximum absolute atomic E-state index is 14.1. The van der Waals surface area contributed by atoms with Crippen LogP contribution in [0.5, 0.6) is 5.75 Å². The van der Waals surface area contributed by atoms with Gasteiger partial charge in [-0.1, -0.05) is 13.8 Å². The SMILES string of the molecule is COc1ccc(F)cc1C(C)(C)CC(O)(Cc1[nH]c2cnccc2c1C)C(F)(F)F.